The molecule has 0 saturated carbocycles. The van der Waals surface area contributed by atoms with Crippen LogP contribution in [0, 0.1) is 68.2 Å². The largest absolute Gasteiger partial charge is 0.481 e. The van der Waals surface area contributed by atoms with E-state index in [2.05, 4.69) is 61.1 Å². The van der Waals surface area contributed by atoms with Crippen molar-refractivity contribution in [2.24, 2.45) is 21.7 Å². The zero-order chi connectivity index (χ0) is 94.3. The predicted octanol–water partition coefficient (Wildman–Crippen LogP) is 22.0. The molecular formula is C92H92Cl4F8N16O8S4. The molecule has 12 heterocycles. The standard InChI is InChI=1S/4C23H23ClF2N4O2S/c4*1-14-11-23(21(31)32,7-9-30(14)13-15-3-2-4-16(24)20(15)26)12-18-17(25)5-6-19(28-18)29-22-27-8-10-33-22/h4*2-6,8,10,14H,7,9,11-13H2,1H3,(H,31,32)(H,27,28,29)/t2*14-,23+;2*14-,23-/m1010/s1. The van der Waals surface area contributed by atoms with Crippen molar-refractivity contribution in [3.63, 3.8) is 0 Å². The van der Waals surface area contributed by atoms with Gasteiger partial charge in [0.05, 0.1) is 64.5 Å². The Kier molecular flexibility index (Phi) is 33.1. The van der Waals surface area contributed by atoms with Crippen molar-refractivity contribution in [3.8, 4) is 0 Å². The molecule has 8 aromatic heterocycles. The van der Waals surface area contributed by atoms with Crippen LogP contribution in [0.1, 0.15) is 124 Å². The first-order chi connectivity index (χ1) is 63.1. The fourth-order valence-corrected chi connectivity index (χ4v) is 20.2. The molecule has 4 saturated heterocycles. The van der Waals surface area contributed by atoms with E-state index in [1.165, 1.54) is 118 Å². The van der Waals surface area contributed by atoms with Gasteiger partial charge in [0, 0.05) is 145 Å². The van der Waals surface area contributed by atoms with E-state index in [1.54, 1.807) is 94.8 Å². The Morgan fingerprint density at radius 1 is 0.341 bits per heavy atom. The Labute approximate surface area is 791 Å². The smallest absolute Gasteiger partial charge is 0.310 e. The summed E-state index contributed by atoms with van der Waals surface area (Å²) in [6.45, 7) is 10.6. The van der Waals surface area contributed by atoms with Gasteiger partial charge in [-0.25, -0.2) is 75.0 Å². The van der Waals surface area contributed by atoms with Gasteiger partial charge in [0.2, 0.25) is 0 Å². The molecule has 696 valence electrons. The number of carbonyl (C=O) groups is 4. The third kappa shape index (κ3) is 24.5. The van der Waals surface area contributed by atoms with Gasteiger partial charge >= 0.3 is 23.9 Å². The third-order valence-corrected chi connectivity index (χ3v) is 28.5. The first-order valence-electron chi connectivity index (χ1n) is 42.0. The predicted molar refractivity (Wildman–Crippen MR) is 496 cm³/mol. The fourth-order valence-electron chi connectivity index (χ4n) is 17.3. The number of pyridine rings is 4. The van der Waals surface area contributed by atoms with E-state index in [0.717, 1.165) is 0 Å². The Balaban J connectivity index is 0.000000150. The van der Waals surface area contributed by atoms with Gasteiger partial charge in [-0.05, 0) is 178 Å². The van der Waals surface area contributed by atoms with Crippen LogP contribution in [0.3, 0.4) is 0 Å². The summed E-state index contributed by atoms with van der Waals surface area (Å²) in [7, 11) is 0. The van der Waals surface area contributed by atoms with Gasteiger partial charge in [-0.15, -0.1) is 45.3 Å². The molecule has 12 aromatic rings. The molecule has 8 N–H and O–H groups in total. The summed E-state index contributed by atoms with van der Waals surface area (Å²) in [6.07, 6.45) is 8.73. The SMILES string of the molecule is C[C@@H]1C[C@@](Cc2nc(Nc3nccs3)ccc2F)(C(=O)O)CCN1Cc1cccc(Cl)c1F.C[C@@H]1C[C@](Cc2nc(Nc3nccs3)ccc2F)(C(=O)O)CCN1Cc1cccc(Cl)c1F.C[C@H]1C[C@@](Cc2nc(Nc3nccs3)ccc2F)(C(=O)O)CCN1Cc1cccc(Cl)c1F.C[C@H]1C[C@](Cc2nc(Nc3nccs3)ccc2F)(C(=O)O)CCN1Cc1cccc(Cl)c1F. The number of likely N-dealkylation sites (tertiary alicyclic amines) is 4. The number of benzene rings is 4. The number of aliphatic carboxylic acids is 4. The molecule has 24 nitrogen and oxygen atoms in total. The van der Waals surface area contributed by atoms with Gasteiger partial charge in [-0.3, -0.25) is 38.8 Å². The van der Waals surface area contributed by atoms with Crippen molar-refractivity contribution in [1.82, 2.24) is 59.5 Å². The molecule has 4 aliphatic rings. The lowest BCUT2D eigenvalue weighted by molar-refractivity contribution is -0.154. The summed E-state index contributed by atoms with van der Waals surface area (Å²) < 4.78 is 116. The van der Waals surface area contributed by atoms with Crippen LogP contribution < -0.4 is 21.3 Å². The van der Waals surface area contributed by atoms with Crippen molar-refractivity contribution >= 4 is 159 Å². The molecule has 0 spiro atoms. The molecular weight excluding hydrogens is 1880 g/mol. The summed E-state index contributed by atoms with van der Waals surface area (Å²) in [5.41, 5.74) is -2.44. The van der Waals surface area contributed by atoms with Gasteiger partial charge in [-0.2, -0.15) is 0 Å². The molecule has 40 heteroatoms. The van der Waals surface area contributed by atoms with E-state index in [1.807, 2.05) is 47.3 Å². The molecule has 16 rings (SSSR count). The van der Waals surface area contributed by atoms with Crippen LogP contribution >= 0.6 is 91.8 Å². The fraction of sp³-hybridized carbons (Fsp3) is 0.348. The normalized spacial score (nSPS) is 21.2. The van der Waals surface area contributed by atoms with Gasteiger partial charge in [-0.1, -0.05) is 94.9 Å². The number of hydrogen-bond acceptors (Lipinski definition) is 24. The number of carboxylic acids is 4. The summed E-state index contributed by atoms with van der Waals surface area (Å²) >= 11 is 29.1. The van der Waals surface area contributed by atoms with Gasteiger partial charge in [0.25, 0.3) is 0 Å². The zero-order valence-corrected chi connectivity index (χ0v) is 77.9. The van der Waals surface area contributed by atoms with Crippen molar-refractivity contribution in [1.29, 1.82) is 0 Å². The van der Waals surface area contributed by atoms with Crippen LogP contribution in [-0.2, 0) is 71.0 Å². The van der Waals surface area contributed by atoms with Crippen LogP contribution in [0.4, 0.5) is 78.9 Å². The Morgan fingerprint density at radius 2 is 0.545 bits per heavy atom. The molecule has 4 aliphatic heterocycles. The molecule has 0 aliphatic carbocycles. The number of piperidine rings is 4. The van der Waals surface area contributed by atoms with E-state index in [9.17, 15) is 74.7 Å². The third-order valence-electron chi connectivity index (χ3n) is 24.6. The van der Waals surface area contributed by atoms with Gasteiger partial charge < -0.3 is 41.7 Å². The summed E-state index contributed by atoms with van der Waals surface area (Å²) in [5, 5.41) is 62.4. The van der Waals surface area contributed by atoms with Crippen molar-refractivity contribution in [2.75, 3.05) is 47.4 Å². The number of anilines is 8. The molecule has 4 fully saturated rings. The highest BCUT2D eigenvalue weighted by Crippen LogP contribution is 2.46. The van der Waals surface area contributed by atoms with Crippen molar-refractivity contribution in [3.05, 3.63) is 279 Å². The maximum atomic E-state index is 14.6. The van der Waals surface area contributed by atoms with Gasteiger partial charge in [0.15, 0.2) is 20.5 Å². The number of hydrogen-bond donors (Lipinski definition) is 8. The average Bonchev–Trinajstić information content (AvgIpc) is 0.918. The van der Waals surface area contributed by atoms with E-state index >= 15 is 0 Å². The highest BCUT2D eigenvalue weighted by molar-refractivity contribution is 7.14. The van der Waals surface area contributed by atoms with Crippen molar-refractivity contribution in [2.45, 2.75) is 155 Å². The Morgan fingerprint density at radius 3 is 0.720 bits per heavy atom. The molecule has 4 aromatic carbocycles. The number of nitrogens with zero attached hydrogens (tertiary/aromatic N) is 12. The first kappa shape index (κ1) is 99.0. The average molecular weight is 1970 g/mol. The van der Waals surface area contributed by atoms with E-state index < -0.39 is 92.1 Å². The molecule has 0 unspecified atom stereocenters. The maximum Gasteiger partial charge on any atom is 0.310 e. The highest BCUT2D eigenvalue weighted by Gasteiger charge is 2.50. The van der Waals surface area contributed by atoms with Crippen LogP contribution in [0.25, 0.3) is 0 Å². The topological polar surface area (TPSA) is 313 Å². The van der Waals surface area contributed by atoms with Crippen LogP contribution in [0.5, 0.6) is 0 Å². The van der Waals surface area contributed by atoms with E-state index in [-0.39, 0.29) is 118 Å². The van der Waals surface area contributed by atoms with Gasteiger partial charge in [0.1, 0.15) is 69.8 Å². The zero-order valence-electron chi connectivity index (χ0n) is 71.6. The molecule has 132 heavy (non-hydrogen) atoms. The quantitative estimate of drug-likeness (QED) is 0.0211. The monoisotopic (exact) mass is 1970 g/mol. The number of halogens is 12. The summed E-state index contributed by atoms with van der Waals surface area (Å²) in [4.78, 5) is 91.5. The van der Waals surface area contributed by atoms with Crippen LogP contribution in [0.15, 0.2) is 168 Å². The second kappa shape index (κ2) is 44.1. The second-order valence-electron chi connectivity index (χ2n) is 33.3. The summed E-state index contributed by atoms with van der Waals surface area (Å²) in [6, 6.07) is 29.9. The first-order valence-corrected chi connectivity index (χ1v) is 47.0. The van der Waals surface area contributed by atoms with Crippen LogP contribution in [-0.4, -0.2) is 154 Å². The lowest BCUT2D eigenvalue weighted by Crippen LogP contribution is -2.50. The van der Waals surface area contributed by atoms with E-state index in [4.69, 9.17) is 46.4 Å². The lowest BCUT2D eigenvalue weighted by atomic mass is 9.72. The minimum atomic E-state index is -1.17. The number of rotatable bonds is 28. The Bertz CT molecular complexity index is 5310. The number of nitrogens with one attached hydrogen (secondary N) is 4. The van der Waals surface area contributed by atoms with Crippen LogP contribution in [0.2, 0.25) is 20.1 Å². The minimum Gasteiger partial charge on any atom is -0.481 e. The molecule has 0 radical (unpaired) electrons. The summed E-state index contributed by atoms with van der Waals surface area (Å²) in [5.74, 6) is -6.33. The molecule has 0 bridgehead atoms. The van der Waals surface area contributed by atoms with E-state index in [0.29, 0.717) is 144 Å². The lowest BCUT2D eigenvalue weighted by Gasteiger charge is -2.43. The Hall–Kier alpha value is -10.5. The highest BCUT2D eigenvalue weighted by atomic mass is 35.5. The minimum absolute atomic E-state index is 0.0364. The molecule has 0 amide bonds. The number of carboxylic acid groups (broad SMARTS) is 4. The number of aromatic nitrogens is 8. The van der Waals surface area contributed by atoms with Crippen molar-refractivity contribution < 1.29 is 74.7 Å². The number of thiazole rings is 4. The second-order valence-corrected chi connectivity index (χ2v) is 38.6. The maximum absolute atomic E-state index is 14.6. The molecule has 8 atom stereocenters.